The predicted octanol–water partition coefficient (Wildman–Crippen LogP) is 3.65. The Morgan fingerprint density at radius 3 is 2.61 bits per heavy atom. The van der Waals surface area contributed by atoms with Crippen molar-refractivity contribution < 1.29 is 14.0 Å². The van der Waals surface area contributed by atoms with Gasteiger partial charge >= 0.3 is 0 Å². The number of halogens is 1. The van der Waals surface area contributed by atoms with Gasteiger partial charge in [-0.1, -0.05) is 38.1 Å². The molecule has 0 aliphatic carbocycles. The second-order valence-corrected chi connectivity index (χ2v) is 8.52. The van der Waals surface area contributed by atoms with E-state index in [1.807, 2.05) is 20.2 Å². The molecule has 1 N–H and O–H groups in total. The van der Waals surface area contributed by atoms with E-state index in [0.717, 1.165) is 22.5 Å². The van der Waals surface area contributed by atoms with Crippen LogP contribution in [0.3, 0.4) is 0 Å². The summed E-state index contributed by atoms with van der Waals surface area (Å²) in [4.78, 5) is 18.3. The SMILES string of the molecule is Cc1nn(C)cc1C1=NOC(C(=O)NC(CC(C)(C)C)c2ccc(F)cc2)C1. The molecule has 2 heterocycles. The number of carbonyl (C=O) groups is 1. The van der Waals surface area contributed by atoms with E-state index in [0.29, 0.717) is 12.8 Å². The lowest BCUT2D eigenvalue weighted by Crippen LogP contribution is -2.38. The number of rotatable bonds is 5. The third kappa shape index (κ3) is 4.77. The van der Waals surface area contributed by atoms with Crippen molar-refractivity contribution in [3.63, 3.8) is 0 Å². The molecule has 1 amide bonds. The largest absolute Gasteiger partial charge is 0.382 e. The van der Waals surface area contributed by atoms with E-state index in [1.54, 1.807) is 16.8 Å². The van der Waals surface area contributed by atoms with E-state index in [-0.39, 0.29) is 23.2 Å². The minimum absolute atomic E-state index is 0.0165. The van der Waals surface area contributed by atoms with Gasteiger partial charge in [0, 0.05) is 25.2 Å². The number of aryl methyl sites for hydroxylation is 2. The first kappa shape index (κ1) is 20.0. The van der Waals surface area contributed by atoms with Crippen LogP contribution in [0.2, 0.25) is 0 Å². The second kappa shape index (κ2) is 7.73. The standard InChI is InChI=1S/C21H27FN4O2/c1-13-16(12-26(5)24-13)17-10-19(28-25-17)20(27)23-18(11-21(2,3)4)14-6-8-15(22)9-7-14/h6-9,12,18-19H,10-11H2,1-5H3,(H,23,27). The van der Waals surface area contributed by atoms with Gasteiger partial charge in [0.15, 0.2) is 0 Å². The maximum atomic E-state index is 13.3. The molecule has 1 aliphatic rings. The lowest BCUT2D eigenvalue weighted by molar-refractivity contribution is -0.132. The quantitative estimate of drug-likeness (QED) is 0.853. The summed E-state index contributed by atoms with van der Waals surface area (Å²) in [6.45, 7) is 8.22. The molecule has 150 valence electrons. The van der Waals surface area contributed by atoms with Gasteiger partial charge in [-0.3, -0.25) is 9.48 Å². The Balaban J connectivity index is 1.70. The van der Waals surface area contributed by atoms with Crippen LogP contribution in [0.5, 0.6) is 0 Å². The van der Waals surface area contributed by atoms with Crippen LogP contribution >= 0.6 is 0 Å². The first-order valence-electron chi connectivity index (χ1n) is 9.41. The van der Waals surface area contributed by atoms with Gasteiger partial charge in [0.05, 0.1) is 17.4 Å². The van der Waals surface area contributed by atoms with Crippen molar-refractivity contribution in [1.82, 2.24) is 15.1 Å². The molecule has 0 saturated heterocycles. The van der Waals surface area contributed by atoms with Crippen molar-refractivity contribution in [3.05, 3.63) is 53.1 Å². The molecule has 0 fully saturated rings. The van der Waals surface area contributed by atoms with E-state index < -0.39 is 6.10 Å². The summed E-state index contributed by atoms with van der Waals surface area (Å²) in [5.41, 5.74) is 3.31. The molecule has 2 unspecified atom stereocenters. The highest BCUT2D eigenvalue weighted by atomic mass is 19.1. The normalized spacial score (nSPS) is 17.8. The number of hydrogen-bond acceptors (Lipinski definition) is 4. The molecule has 2 atom stereocenters. The maximum absolute atomic E-state index is 13.3. The van der Waals surface area contributed by atoms with Gasteiger partial charge in [0.25, 0.3) is 5.91 Å². The van der Waals surface area contributed by atoms with Crippen molar-refractivity contribution in [2.45, 2.75) is 52.7 Å². The van der Waals surface area contributed by atoms with E-state index in [9.17, 15) is 9.18 Å². The van der Waals surface area contributed by atoms with Gasteiger partial charge in [-0.2, -0.15) is 5.10 Å². The summed E-state index contributed by atoms with van der Waals surface area (Å²) >= 11 is 0. The number of hydrogen-bond donors (Lipinski definition) is 1. The summed E-state index contributed by atoms with van der Waals surface area (Å²) in [5, 5.41) is 11.5. The minimum Gasteiger partial charge on any atom is -0.382 e. The van der Waals surface area contributed by atoms with Gasteiger partial charge in [-0.25, -0.2) is 4.39 Å². The number of carbonyl (C=O) groups excluding carboxylic acids is 1. The van der Waals surface area contributed by atoms with Gasteiger partial charge in [0.1, 0.15) is 5.82 Å². The Labute approximate surface area is 164 Å². The Morgan fingerprint density at radius 1 is 1.36 bits per heavy atom. The first-order chi connectivity index (χ1) is 13.1. The second-order valence-electron chi connectivity index (χ2n) is 8.52. The highest BCUT2D eigenvalue weighted by Crippen LogP contribution is 2.30. The molecule has 28 heavy (non-hydrogen) atoms. The van der Waals surface area contributed by atoms with Gasteiger partial charge in [0.2, 0.25) is 6.10 Å². The molecule has 1 aromatic heterocycles. The molecule has 1 aromatic carbocycles. The molecule has 2 aromatic rings. The molecule has 0 saturated carbocycles. The Kier molecular flexibility index (Phi) is 5.54. The monoisotopic (exact) mass is 386 g/mol. The summed E-state index contributed by atoms with van der Waals surface area (Å²) < 4.78 is 15.0. The number of nitrogens with zero attached hydrogens (tertiary/aromatic N) is 3. The fourth-order valence-electron chi connectivity index (χ4n) is 3.38. The molecule has 3 rings (SSSR count). The molecule has 0 spiro atoms. The van der Waals surface area contributed by atoms with Crippen molar-refractivity contribution in [3.8, 4) is 0 Å². The number of oxime groups is 1. The fourth-order valence-corrected chi connectivity index (χ4v) is 3.38. The van der Waals surface area contributed by atoms with Crippen LogP contribution in [-0.2, 0) is 16.7 Å². The Bertz CT molecular complexity index is 881. The van der Waals surface area contributed by atoms with Crippen LogP contribution in [0, 0.1) is 18.2 Å². The third-order valence-electron chi connectivity index (χ3n) is 4.69. The molecule has 7 heteroatoms. The van der Waals surface area contributed by atoms with Crippen molar-refractivity contribution >= 4 is 11.6 Å². The molecule has 0 bridgehead atoms. The van der Waals surface area contributed by atoms with Crippen LogP contribution in [0.15, 0.2) is 35.6 Å². The Hall–Kier alpha value is -2.70. The summed E-state index contributed by atoms with van der Waals surface area (Å²) in [7, 11) is 1.84. The van der Waals surface area contributed by atoms with Crippen LogP contribution in [0.25, 0.3) is 0 Å². The lowest BCUT2D eigenvalue weighted by atomic mass is 9.85. The van der Waals surface area contributed by atoms with E-state index in [4.69, 9.17) is 4.84 Å². The van der Waals surface area contributed by atoms with Crippen LogP contribution in [0.1, 0.15) is 56.5 Å². The number of nitrogens with one attached hydrogen (secondary N) is 1. The maximum Gasteiger partial charge on any atom is 0.264 e. The first-order valence-corrected chi connectivity index (χ1v) is 9.41. The van der Waals surface area contributed by atoms with E-state index in [1.165, 1.54) is 12.1 Å². The average Bonchev–Trinajstić information content (AvgIpc) is 3.20. The van der Waals surface area contributed by atoms with Crippen LogP contribution in [-0.4, -0.2) is 27.5 Å². The molecule has 0 radical (unpaired) electrons. The minimum atomic E-state index is -0.683. The van der Waals surface area contributed by atoms with Gasteiger partial charge < -0.3 is 10.2 Å². The number of benzene rings is 1. The highest BCUT2D eigenvalue weighted by molar-refractivity contribution is 6.04. The highest BCUT2D eigenvalue weighted by Gasteiger charge is 2.32. The molecule has 1 aliphatic heterocycles. The van der Waals surface area contributed by atoms with E-state index in [2.05, 4.69) is 36.3 Å². The van der Waals surface area contributed by atoms with Gasteiger partial charge in [-0.15, -0.1) is 0 Å². The number of aromatic nitrogens is 2. The molecule has 6 nitrogen and oxygen atoms in total. The topological polar surface area (TPSA) is 68.5 Å². The summed E-state index contributed by atoms with van der Waals surface area (Å²) in [6, 6.07) is 6.01. The summed E-state index contributed by atoms with van der Waals surface area (Å²) in [5.74, 6) is -0.521. The summed E-state index contributed by atoms with van der Waals surface area (Å²) in [6.07, 6.45) is 2.30. The zero-order valence-electron chi connectivity index (χ0n) is 17.0. The lowest BCUT2D eigenvalue weighted by Gasteiger charge is -2.28. The predicted molar refractivity (Wildman–Crippen MR) is 105 cm³/mol. The molecular formula is C21H27FN4O2. The smallest absolute Gasteiger partial charge is 0.264 e. The van der Waals surface area contributed by atoms with Crippen LogP contribution < -0.4 is 5.32 Å². The van der Waals surface area contributed by atoms with Gasteiger partial charge in [-0.05, 0) is 36.5 Å². The van der Waals surface area contributed by atoms with Crippen molar-refractivity contribution in [2.75, 3.05) is 0 Å². The zero-order chi connectivity index (χ0) is 20.5. The Morgan fingerprint density at radius 2 is 2.04 bits per heavy atom. The average molecular weight is 386 g/mol. The third-order valence-corrected chi connectivity index (χ3v) is 4.69. The van der Waals surface area contributed by atoms with E-state index >= 15 is 0 Å². The number of amides is 1. The molecular weight excluding hydrogens is 359 g/mol. The fraction of sp³-hybridized carbons (Fsp3) is 0.476. The zero-order valence-corrected chi connectivity index (χ0v) is 17.0. The van der Waals surface area contributed by atoms with Crippen LogP contribution in [0.4, 0.5) is 4.39 Å². The van der Waals surface area contributed by atoms with Crippen molar-refractivity contribution in [2.24, 2.45) is 17.6 Å². The van der Waals surface area contributed by atoms with Crippen molar-refractivity contribution in [1.29, 1.82) is 0 Å².